The summed E-state index contributed by atoms with van der Waals surface area (Å²) in [6, 6.07) is 18.3. The molecule has 0 atom stereocenters. The predicted molar refractivity (Wildman–Crippen MR) is 109 cm³/mol. The van der Waals surface area contributed by atoms with E-state index in [1.807, 2.05) is 6.07 Å². The number of benzene rings is 3. The topological polar surface area (TPSA) is 37.4 Å². The van der Waals surface area contributed by atoms with Gasteiger partial charge in [-0.2, -0.15) is 13.2 Å². The second-order valence-corrected chi connectivity index (χ2v) is 6.96. The molecule has 0 bridgehead atoms. The number of para-hydroxylation sites is 1. The van der Waals surface area contributed by atoms with Crippen LogP contribution >= 0.6 is 0 Å². The van der Waals surface area contributed by atoms with E-state index >= 15 is 0 Å². The van der Waals surface area contributed by atoms with Crippen LogP contribution in [0.15, 0.2) is 72.8 Å². The van der Waals surface area contributed by atoms with Crippen molar-refractivity contribution in [3.05, 3.63) is 101 Å². The summed E-state index contributed by atoms with van der Waals surface area (Å²) in [5.74, 6) is -0.956. The van der Waals surface area contributed by atoms with E-state index in [0.717, 1.165) is 22.6 Å². The number of hydrogen-bond acceptors (Lipinski definition) is 2. The maximum absolute atomic E-state index is 13.3. The van der Waals surface area contributed by atoms with Crippen LogP contribution in [-0.2, 0) is 11.0 Å². The number of carbonyl (C=O) groups excluding carboxylic acids is 2. The van der Waals surface area contributed by atoms with Crippen molar-refractivity contribution in [2.24, 2.45) is 0 Å². The third kappa shape index (κ3) is 3.41. The van der Waals surface area contributed by atoms with Gasteiger partial charge in [0.15, 0.2) is 0 Å². The molecule has 4 rings (SSSR count). The molecule has 6 heteroatoms. The average molecular weight is 407 g/mol. The van der Waals surface area contributed by atoms with Gasteiger partial charge in [0.05, 0.1) is 11.3 Å². The molecule has 0 spiro atoms. The van der Waals surface area contributed by atoms with E-state index in [1.165, 1.54) is 18.2 Å². The standard InChI is InChI=1S/C24H16F3NO2/c1-15-6-2-5-9-21(15)28-22(29)19-8-4-3-7-18(19)20(23(28)30)14-16-10-12-17(13-11-16)24(25,26)27/h2-14H,1H3/b20-14-. The van der Waals surface area contributed by atoms with Gasteiger partial charge in [0, 0.05) is 11.1 Å². The normalized spacial score (nSPS) is 15.5. The Hall–Kier alpha value is -3.67. The summed E-state index contributed by atoms with van der Waals surface area (Å²) in [4.78, 5) is 27.5. The summed E-state index contributed by atoms with van der Waals surface area (Å²) in [5.41, 5.74) is 1.95. The molecule has 1 aliphatic rings. The number of amides is 2. The number of rotatable bonds is 2. The molecule has 0 aliphatic carbocycles. The highest BCUT2D eigenvalue weighted by molar-refractivity contribution is 6.43. The lowest BCUT2D eigenvalue weighted by atomic mass is 9.91. The maximum atomic E-state index is 13.3. The molecule has 0 aromatic heterocycles. The molecule has 1 aliphatic heterocycles. The lowest BCUT2D eigenvalue weighted by Crippen LogP contribution is -2.42. The third-order valence-electron chi connectivity index (χ3n) is 4.99. The molecule has 0 radical (unpaired) electrons. The Kier molecular flexibility index (Phi) is 4.78. The maximum Gasteiger partial charge on any atom is 0.416 e. The minimum atomic E-state index is -4.44. The Labute approximate surface area is 171 Å². The Balaban J connectivity index is 1.85. The monoisotopic (exact) mass is 407 g/mol. The van der Waals surface area contributed by atoms with E-state index in [9.17, 15) is 22.8 Å². The van der Waals surface area contributed by atoms with Crippen LogP contribution in [-0.4, -0.2) is 11.8 Å². The first kappa shape index (κ1) is 19.6. The van der Waals surface area contributed by atoms with Crippen LogP contribution in [0.2, 0.25) is 0 Å². The summed E-state index contributed by atoms with van der Waals surface area (Å²) < 4.78 is 38.5. The average Bonchev–Trinajstić information content (AvgIpc) is 2.72. The Morgan fingerprint density at radius 2 is 1.37 bits per heavy atom. The molecule has 0 fully saturated rings. The van der Waals surface area contributed by atoms with Crippen LogP contribution in [0.1, 0.15) is 32.6 Å². The van der Waals surface area contributed by atoms with Crippen molar-refractivity contribution in [2.45, 2.75) is 13.1 Å². The van der Waals surface area contributed by atoms with Gasteiger partial charge in [0.25, 0.3) is 11.8 Å². The Morgan fingerprint density at radius 3 is 2.00 bits per heavy atom. The molecule has 0 saturated heterocycles. The highest BCUT2D eigenvalue weighted by Gasteiger charge is 2.36. The van der Waals surface area contributed by atoms with Crippen molar-refractivity contribution in [3.8, 4) is 0 Å². The lowest BCUT2D eigenvalue weighted by molar-refractivity contribution is -0.137. The minimum Gasteiger partial charge on any atom is -0.268 e. The van der Waals surface area contributed by atoms with Crippen molar-refractivity contribution in [1.29, 1.82) is 0 Å². The van der Waals surface area contributed by atoms with Crippen molar-refractivity contribution < 1.29 is 22.8 Å². The van der Waals surface area contributed by atoms with Crippen LogP contribution in [0, 0.1) is 6.92 Å². The van der Waals surface area contributed by atoms with Crippen molar-refractivity contribution in [1.82, 2.24) is 0 Å². The van der Waals surface area contributed by atoms with Crippen molar-refractivity contribution in [3.63, 3.8) is 0 Å². The first-order chi connectivity index (χ1) is 14.3. The molecule has 150 valence electrons. The number of alkyl halides is 3. The first-order valence-electron chi connectivity index (χ1n) is 9.20. The van der Waals surface area contributed by atoms with Gasteiger partial charge in [0.1, 0.15) is 0 Å². The van der Waals surface area contributed by atoms with Gasteiger partial charge >= 0.3 is 6.18 Å². The quantitative estimate of drug-likeness (QED) is 0.401. The van der Waals surface area contributed by atoms with E-state index < -0.39 is 23.6 Å². The lowest BCUT2D eigenvalue weighted by Gasteiger charge is -2.29. The fraction of sp³-hybridized carbons (Fsp3) is 0.0833. The molecular formula is C24H16F3NO2. The third-order valence-corrected chi connectivity index (χ3v) is 4.99. The zero-order valence-corrected chi connectivity index (χ0v) is 15.9. The number of halogens is 3. The molecule has 3 aromatic carbocycles. The molecule has 3 nitrogen and oxygen atoms in total. The Bertz CT molecular complexity index is 1180. The number of anilines is 1. The second kappa shape index (κ2) is 7.30. The number of carbonyl (C=O) groups is 2. The van der Waals surface area contributed by atoms with E-state index in [2.05, 4.69) is 0 Å². The van der Waals surface area contributed by atoms with E-state index in [-0.39, 0.29) is 5.57 Å². The molecule has 2 amide bonds. The van der Waals surface area contributed by atoms with E-state index in [0.29, 0.717) is 22.4 Å². The van der Waals surface area contributed by atoms with Gasteiger partial charge < -0.3 is 0 Å². The van der Waals surface area contributed by atoms with Crippen LogP contribution in [0.5, 0.6) is 0 Å². The number of aryl methyl sites for hydroxylation is 1. The summed E-state index contributed by atoms with van der Waals surface area (Å²) in [5, 5.41) is 0. The van der Waals surface area contributed by atoms with Gasteiger partial charge in [-0.1, -0.05) is 48.5 Å². The van der Waals surface area contributed by atoms with Gasteiger partial charge in [-0.25, -0.2) is 4.90 Å². The highest BCUT2D eigenvalue weighted by Crippen LogP contribution is 2.35. The largest absolute Gasteiger partial charge is 0.416 e. The number of imide groups is 1. The van der Waals surface area contributed by atoms with Gasteiger partial charge in [-0.05, 0) is 54.0 Å². The second-order valence-electron chi connectivity index (χ2n) is 6.96. The zero-order valence-electron chi connectivity index (χ0n) is 15.9. The SMILES string of the molecule is Cc1ccccc1N1C(=O)/C(=C\c2ccc(C(F)(F)F)cc2)c2ccccc2C1=O. The highest BCUT2D eigenvalue weighted by atomic mass is 19.4. The van der Waals surface area contributed by atoms with E-state index in [4.69, 9.17) is 0 Å². The molecule has 0 saturated carbocycles. The number of hydrogen-bond donors (Lipinski definition) is 0. The van der Waals surface area contributed by atoms with E-state index in [1.54, 1.807) is 49.4 Å². The van der Waals surface area contributed by atoms with Crippen LogP contribution in [0.3, 0.4) is 0 Å². The Morgan fingerprint density at radius 1 is 0.767 bits per heavy atom. The molecule has 30 heavy (non-hydrogen) atoms. The summed E-state index contributed by atoms with van der Waals surface area (Å²) in [7, 11) is 0. The van der Waals surface area contributed by atoms with Gasteiger partial charge in [-0.3, -0.25) is 9.59 Å². The molecule has 3 aromatic rings. The van der Waals surface area contributed by atoms with Crippen LogP contribution in [0.25, 0.3) is 11.6 Å². The van der Waals surface area contributed by atoms with Gasteiger partial charge in [0.2, 0.25) is 0 Å². The van der Waals surface area contributed by atoms with Crippen LogP contribution in [0.4, 0.5) is 18.9 Å². The van der Waals surface area contributed by atoms with Crippen LogP contribution < -0.4 is 4.90 Å². The molecule has 0 unspecified atom stereocenters. The fourth-order valence-electron chi connectivity index (χ4n) is 3.46. The predicted octanol–water partition coefficient (Wildman–Crippen LogP) is 5.74. The smallest absolute Gasteiger partial charge is 0.268 e. The minimum absolute atomic E-state index is 0.244. The molecule has 1 heterocycles. The number of nitrogens with zero attached hydrogens (tertiary/aromatic N) is 1. The zero-order chi connectivity index (χ0) is 21.5. The van der Waals surface area contributed by atoms with Gasteiger partial charge in [-0.15, -0.1) is 0 Å². The summed E-state index contributed by atoms with van der Waals surface area (Å²) in [6.45, 7) is 1.80. The first-order valence-corrected chi connectivity index (χ1v) is 9.20. The molecule has 0 N–H and O–H groups in total. The summed E-state index contributed by atoms with van der Waals surface area (Å²) in [6.07, 6.45) is -2.92. The molecular weight excluding hydrogens is 391 g/mol. The van der Waals surface area contributed by atoms with Crippen molar-refractivity contribution >= 4 is 29.2 Å². The fourth-order valence-corrected chi connectivity index (χ4v) is 3.46. The number of fused-ring (bicyclic) bond motifs is 1. The van der Waals surface area contributed by atoms with Crippen molar-refractivity contribution in [2.75, 3.05) is 4.90 Å². The summed E-state index contributed by atoms with van der Waals surface area (Å²) >= 11 is 0.